The summed E-state index contributed by atoms with van der Waals surface area (Å²) in [5.41, 5.74) is 9.71. The van der Waals surface area contributed by atoms with Gasteiger partial charge < -0.3 is 45.6 Å². The zero-order valence-corrected chi connectivity index (χ0v) is 52.8. The van der Waals surface area contributed by atoms with Crippen molar-refractivity contribution in [3.63, 3.8) is 0 Å². The molecule has 6 heterocycles. The molecule has 6 N–H and O–H groups in total. The summed E-state index contributed by atoms with van der Waals surface area (Å²) in [7, 11) is 1.37. The molecule has 9 rings (SSSR count). The topological polar surface area (TPSA) is 270 Å². The first-order valence-corrected chi connectivity index (χ1v) is 30.1. The van der Waals surface area contributed by atoms with Crippen LogP contribution in [0.15, 0.2) is 171 Å². The van der Waals surface area contributed by atoms with E-state index in [1.807, 2.05) is 109 Å². The summed E-state index contributed by atoms with van der Waals surface area (Å²) in [4.78, 5) is 76.9. The second-order valence-corrected chi connectivity index (χ2v) is 23.1. The molecule has 0 saturated carbocycles. The highest BCUT2D eigenvalue weighted by Crippen LogP contribution is 2.32. The van der Waals surface area contributed by atoms with Crippen molar-refractivity contribution in [2.45, 2.75) is 117 Å². The van der Waals surface area contributed by atoms with Gasteiger partial charge in [0.25, 0.3) is 0 Å². The monoisotopic (exact) mass is 1360 g/mol. The Kier molecular flexibility index (Phi) is 26.4. The standard InChI is InChI=1S/C21H23BrN4O3.2C21H23BrN4O2.CH4/c1-13(27)12-24-21-18(8-9-19(28)29-2)25-20(17-5-3-4-10-23-17)15-11-14(22)6-7-16(15)26-21;2*1-13(27)6-8-19-21(24-12-14(2)28)26-17-9-7-15(22)11-16(17)20(25-19)18-5-3-4-10-23-18;/h3-7,10-11,13,18,27H,8-9,12H2,1-2H3,(H,24,26);2*3-5,7,9-11,14,19,28H,6,8,12H2,1-2H3,(H,24,26);1H4/t13-,18+;14?,19-;14-,19-;/m100./s1. The Labute approximate surface area is 527 Å². The number of benzodiazepines with no additional fused rings is 3. The lowest BCUT2D eigenvalue weighted by molar-refractivity contribution is -0.140. The highest BCUT2D eigenvalue weighted by atomic mass is 79.9. The van der Waals surface area contributed by atoms with E-state index in [1.165, 1.54) is 7.11 Å². The smallest absolute Gasteiger partial charge is 0.305 e. The van der Waals surface area contributed by atoms with Gasteiger partial charge in [-0.1, -0.05) is 73.4 Å². The maximum absolute atomic E-state index is 11.7. The van der Waals surface area contributed by atoms with E-state index >= 15 is 0 Å². The average Bonchev–Trinajstić information content (AvgIpc) is 1.96. The van der Waals surface area contributed by atoms with Crippen LogP contribution in [-0.4, -0.2) is 146 Å². The first kappa shape index (κ1) is 67.8. The van der Waals surface area contributed by atoms with Crippen LogP contribution in [0.25, 0.3) is 0 Å². The van der Waals surface area contributed by atoms with Crippen molar-refractivity contribution in [3.05, 3.63) is 175 Å². The first-order valence-electron chi connectivity index (χ1n) is 27.8. The molecule has 19 nitrogen and oxygen atoms in total. The van der Waals surface area contributed by atoms with E-state index in [0.29, 0.717) is 55.3 Å². The lowest BCUT2D eigenvalue weighted by Gasteiger charge is -2.16. The summed E-state index contributed by atoms with van der Waals surface area (Å²) in [5.74, 6) is 1.81. The van der Waals surface area contributed by atoms with Gasteiger partial charge in [-0.15, -0.1) is 0 Å². The summed E-state index contributed by atoms with van der Waals surface area (Å²) in [6.07, 6.45) is 5.99. The zero-order chi connectivity index (χ0) is 61.0. The molecule has 22 heteroatoms. The SMILES string of the molecule is C.CC(=O)CC[C@@H]1N=C(c2ccccn2)c2cc(Br)ccc2NC1=NCC(C)O.CC(=O)CC[C@@H]1N=C(c2ccccn2)c2cc(Br)ccc2NC1=NC[C@H](C)O.COC(=O)CC[C@@H]1N=C(c2ccccn2)c2cc(Br)ccc2NC1=NC[C@@H](C)O. The van der Waals surface area contributed by atoms with Crippen LogP contribution in [0.2, 0.25) is 0 Å². The Morgan fingerprint density at radius 1 is 0.500 bits per heavy atom. The highest BCUT2D eigenvalue weighted by molar-refractivity contribution is 9.11. The number of ether oxygens (including phenoxy) is 1. The van der Waals surface area contributed by atoms with E-state index in [-0.39, 0.29) is 63.1 Å². The van der Waals surface area contributed by atoms with E-state index in [9.17, 15) is 29.7 Å². The molecule has 3 aromatic carbocycles. The number of nitrogens with zero attached hydrogens (tertiary/aromatic N) is 9. The van der Waals surface area contributed by atoms with E-state index < -0.39 is 24.4 Å². The van der Waals surface area contributed by atoms with Crippen molar-refractivity contribution < 1.29 is 34.4 Å². The molecule has 6 atom stereocenters. The Morgan fingerprint density at radius 2 is 0.802 bits per heavy atom. The zero-order valence-electron chi connectivity index (χ0n) is 48.1. The van der Waals surface area contributed by atoms with Crippen molar-refractivity contribution in [2.24, 2.45) is 30.0 Å². The van der Waals surface area contributed by atoms with E-state index in [0.717, 1.165) is 75.7 Å². The number of hydrogen-bond donors (Lipinski definition) is 6. The number of aromatic nitrogens is 3. The first-order chi connectivity index (χ1) is 40.8. The van der Waals surface area contributed by atoms with Gasteiger partial charge in [0, 0.05) is 85.0 Å². The third-order valence-corrected chi connectivity index (χ3v) is 14.5. The molecule has 86 heavy (non-hydrogen) atoms. The molecule has 0 aliphatic carbocycles. The van der Waals surface area contributed by atoms with Crippen molar-refractivity contribution in [3.8, 4) is 0 Å². The third-order valence-electron chi connectivity index (χ3n) is 13.0. The molecule has 0 amide bonds. The number of benzene rings is 3. The van der Waals surface area contributed by atoms with Crippen LogP contribution >= 0.6 is 47.8 Å². The number of pyridine rings is 3. The number of amidine groups is 3. The molecule has 1 unspecified atom stereocenters. The fourth-order valence-corrected chi connectivity index (χ4v) is 9.96. The number of hydrogen-bond acceptors (Lipinski definition) is 16. The second kappa shape index (κ2) is 33.5. The molecular formula is C64H73Br3N12O7. The summed E-state index contributed by atoms with van der Waals surface area (Å²) in [5, 5.41) is 39.2. The number of nitrogens with one attached hydrogen (secondary N) is 3. The lowest BCUT2D eigenvalue weighted by atomic mass is 10.0. The van der Waals surface area contributed by atoms with Crippen molar-refractivity contribution in [2.75, 3.05) is 42.7 Å². The maximum atomic E-state index is 11.7. The van der Waals surface area contributed by atoms with Gasteiger partial charge in [-0.3, -0.25) is 49.7 Å². The minimum Gasteiger partial charge on any atom is -0.469 e. The molecule has 452 valence electrons. The van der Waals surface area contributed by atoms with Gasteiger partial charge in [-0.2, -0.15) is 0 Å². The molecule has 3 aromatic heterocycles. The van der Waals surface area contributed by atoms with Crippen LogP contribution in [0.5, 0.6) is 0 Å². The predicted molar refractivity (Wildman–Crippen MR) is 354 cm³/mol. The summed E-state index contributed by atoms with van der Waals surface area (Å²) in [6, 6.07) is 33.7. The fourth-order valence-electron chi connectivity index (χ4n) is 8.87. The van der Waals surface area contributed by atoms with Crippen molar-refractivity contribution in [1.29, 1.82) is 0 Å². The Bertz CT molecular complexity index is 3320. The fraction of sp³-hybridized carbons (Fsp3) is 0.344. The Balaban J connectivity index is 0.000000205. The minimum absolute atomic E-state index is 0. The quantitative estimate of drug-likeness (QED) is 0.0438. The van der Waals surface area contributed by atoms with Crippen LogP contribution in [0.4, 0.5) is 17.1 Å². The predicted octanol–water partition coefficient (Wildman–Crippen LogP) is 11.1. The Morgan fingerprint density at radius 3 is 1.06 bits per heavy atom. The average molecular weight is 1360 g/mol. The summed E-state index contributed by atoms with van der Waals surface area (Å²) >= 11 is 10.6. The van der Waals surface area contributed by atoms with Crippen LogP contribution in [0.1, 0.15) is 114 Å². The van der Waals surface area contributed by atoms with Crippen LogP contribution in [0.3, 0.4) is 0 Å². The van der Waals surface area contributed by atoms with Crippen LogP contribution in [-0.2, 0) is 19.1 Å². The van der Waals surface area contributed by atoms with Gasteiger partial charge in [0.15, 0.2) is 0 Å². The maximum Gasteiger partial charge on any atom is 0.305 e. The number of ketones is 2. The number of esters is 1. The van der Waals surface area contributed by atoms with E-state index in [2.05, 4.69) is 93.7 Å². The number of halogens is 3. The second-order valence-electron chi connectivity index (χ2n) is 20.4. The van der Waals surface area contributed by atoms with Gasteiger partial charge >= 0.3 is 5.97 Å². The van der Waals surface area contributed by atoms with Gasteiger partial charge in [0.1, 0.15) is 47.2 Å². The van der Waals surface area contributed by atoms with E-state index in [4.69, 9.17) is 19.7 Å². The van der Waals surface area contributed by atoms with Gasteiger partial charge in [-0.05, 0) is 145 Å². The molecule has 3 aliphatic rings. The summed E-state index contributed by atoms with van der Waals surface area (Å²) in [6.45, 7) is 8.98. The number of carbonyl (C=O) groups excluding carboxylic acids is 3. The molecule has 6 aromatic rings. The molecule has 0 spiro atoms. The number of carbonyl (C=O) groups is 3. The third kappa shape index (κ3) is 20.1. The highest BCUT2D eigenvalue weighted by Gasteiger charge is 2.29. The van der Waals surface area contributed by atoms with Crippen LogP contribution in [0, 0.1) is 0 Å². The number of anilines is 3. The Hall–Kier alpha value is -7.34. The van der Waals surface area contributed by atoms with E-state index in [1.54, 1.807) is 53.2 Å². The van der Waals surface area contributed by atoms with Crippen molar-refractivity contribution >= 4 is 117 Å². The normalized spacial score (nSPS) is 18.3. The molecule has 0 saturated heterocycles. The van der Waals surface area contributed by atoms with Crippen molar-refractivity contribution in [1.82, 2.24) is 15.0 Å². The number of aliphatic hydroxyl groups is 3. The minimum atomic E-state index is -0.586. The molecule has 0 radical (unpaired) electrons. The molecular weight excluding hydrogens is 1290 g/mol. The number of fused-ring (bicyclic) bond motifs is 3. The van der Waals surface area contributed by atoms with Gasteiger partial charge in [0.05, 0.1) is 79.3 Å². The van der Waals surface area contributed by atoms with Gasteiger partial charge in [0.2, 0.25) is 0 Å². The largest absolute Gasteiger partial charge is 0.469 e. The van der Waals surface area contributed by atoms with Crippen LogP contribution < -0.4 is 16.0 Å². The lowest BCUT2D eigenvalue weighted by Crippen LogP contribution is -2.28. The summed E-state index contributed by atoms with van der Waals surface area (Å²) < 4.78 is 7.57. The number of aliphatic imine (C=N–C) groups is 6. The number of aliphatic hydroxyl groups excluding tert-OH is 3. The molecule has 0 bridgehead atoms. The molecule has 3 aliphatic heterocycles. The number of rotatable bonds is 18. The molecule has 0 fully saturated rings. The van der Waals surface area contributed by atoms with Gasteiger partial charge in [-0.25, -0.2) is 0 Å². The number of Topliss-reactive ketones (excluding diaryl/α,β-unsaturated/α-hetero) is 2. The number of methoxy groups -OCH3 is 1.